The van der Waals surface area contributed by atoms with Gasteiger partial charge in [0.1, 0.15) is 11.6 Å². The van der Waals surface area contributed by atoms with Crippen molar-refractivity contribution in [3.05, 3.63) is 71.3 Å². The highest BCUT2D eigenvalue weighted by Crippen LogP contribution is 2.29. The topological polar surface area (TPSA) is 23.6 Å². The molecule has 1 heterocycles. The quantitative estimate of drug-likeness (QED) is 0.615. The van der Waals surface area contributed by atoms with E-state index in [4.69, 9.17) is 0 Å². The minimum atomic E-state index is -0.728. The summed E-state index contributed by atoms with van der Waals surface area (Å²) >= 11 is 0. The van der Waals surface area contributed by atoms with E-state index in [1.54, 1.807) is 6.26 Å². The molecule has 1 fully saturated rings. The number of benzene rings is 2. The van der Waals surface area contributed by atoms with E-state index in [1.165, 1.54) is 24.3 Å². The predicted molar refractivity (Wildman–Crippen MR) is 116 cm³/mol. The second kappa shape index (κ2) is 11.0. The monoisotopic (exact) mass is 420 g/mol. The third-order valence-corrected chi connectivity index (χ3v) is 6.43. The van der Waals surface area contributed by atoms with Crippen LogP contribution in [0.25, 0.3) is 0 Å². The molecule has 2 aromatic rings. The van der Waals surface area contributed by atoms with Gasteiger partial charge in [-0.15, -0.1) is 0 Å². The Hall–Kier alpha value is -1.63. The first-order valence-corrected chi connectivity index (χ1v) is 12.0. The minimum absolute atomic E-state index is 0.136. The summed E-state index contributed by atoms with van der Waals surface area (Å²) in [5, 5.41) is 0. The average molecular weight is 421 g/mol. The van der Waals surface area contributed by atoms with Crippen LogP contribution in [-0.2, 0) is 10.8 Å². The Morgan fingerprint density at radius 1 is 0.828 bits per heavy atom. The van der Waals surface area contributed by atoms with Crippen LogP contribution >= 0.6 is 0 Å². The lowest BCUT2D eigenvalue weighted by molar-refractivity contribution is 0.136. The highest BCUT2D eigenvalue weighted by molar-refractivity contribution is 7.84. The molecule has 0 N–H and O–H groups in total. The molecule has 0 spiro atoms. The van der Waals surface area contributed by atoms with Gasteiger partial charge in [0, 0.05) is 61.4 Å². The zero-order chi connectivity index (χ0) is 20.6. The lowest BCUT2D eigenvalue weighted by atomic mass is 9.87. The molecule has 3 nitrogen and oxygen atoms in total. The average Bonchev–Trinajstić information content (AvgIpc) is 2.72. The molecule has 0 saturated carbocycles. The lowest BCUT2D eigenvalue weighted by Gasteiger charge is -2.34. The fraction of sp³-hybridized carbons (Fsp3) is 0.478. The van der Waals surface area contributed by atoms with Crippen molar-refractivity contribution >= 4 is 10.8 Å². The van der Waals surface area contributed by atoms with Crippen molar-refractivity contribution in [2.24, 2.45) is 0 Å². The second-order valence-corrected chi connectivity index (χ2v) is 9.31. The maximum Gasteiger partial charge on any atom is 0.123 e. The van der Waals surface area contributed by atoms with E-state index >= 15 is 0 Å². The van der Waals surface area contributed by atoms with Crippen molar-refractivity contribution in [2.45, 2.75) is 18.8 Å². The van der Waals surface area contributed by atoms with Crippen molar-refractivity contribution in [1.82, 2.24) is 9.80 Å². The van der Waals surface area contributed by atoms with Crippen molar-refractivity contribution in [2.75, 3.05) is 51.3 Å². The molecule has 0 unspecified atom stereocenters. The van der Waals surface area contributed by atoms with Gasteiger partial charge in [-0.2, -0.15) is 0 Å². The van der Waals surface area contributed by atoms with Crippen LogP contribution < -0.4 is 0 Å². The third-order valence-electron chi connectivity index (χ3n) is 5.67. The first-order chi connectivity index (χ1) is 14.0. The van der Waals surface area contributed by atoms with E-state index in [2.05, 4.69) is 9.80 Å². The van der Waals surface area contributed by atoms with E-state index in [9.17, 15) is 13.0 Å². The molecule has 0 bridgehead atoms. The first kappa shape index (κ1) is 22.1. The summed E-state index contributed by atoms with van der Waals surface area (Å²) in [5.41, 5.74) is 2.13. The minimum Gasteiger partial charge on any atom is -0.301 e. The zero-order valence-corrected chi connectivity index (χ0v) is 17.8. The van der Waals surface area contributed by atoms with E-state index in [0.717, 1.165) is 69.0 Å². The largest absolute Gasteiger partial charge is 0.301 e. The molecule has 2 aromatic carbocycles. The molecule has 0 aliphatic carbocycles. The summed E-state index contributed by atoms with van der Waals surface area (Å²) in [6.07, 6.45) is 3.72. The summed E-state index contributed by atoms with van der Waals surface area (Å²) < 4.78 is 38.0. The predicted octanol–water partition coefficient (Wildman–Crippen LogP) is 3.87. The summed E-state index contributed by atoms with van der Waals surface area (Å²) in [6, 6.07) is 13.3. The Morgan fingerprint density at radius 3 is 1.72 bits per heavy atom. The summed E-state index contributed by atoms with van der Waals surface area (Å²) in [7, 11) is -0.728. The second-order valence-electron chi connectivity index (χ2n) is 7.76. The van der Waals surface area contributed by atoms with E-state index in [-0.39, 0.29) is 17.6 Å². The first-order valence-electron chi connectivity index (χ1n) is 10.3. The molecule has 1 saturated heterocycles. The number of piperazine rings is 1. The van der Waals surface area contributed by atoms with Gasteiger partial charge in [-0.1, -0.05) is 24.3 Å². The number of halogens is 2. The van der Waals surface area contributed by atoms with Gasteiger partial charge in [0.25, 0.3) is 0 Å². The normalized spacial score (nSPS) is 17.0. The lowest BCUT2D eigenvalue weighted by Crippen LogP contribution is -2.47. The van der Waals surface area contributed by atoms with E-state index < -0.39 is 10.8 Å². The van der Waals surface area contributed by atoms with Crippen LogP contribution in [0, 0.1) is 11.6 Å². The van der Waals surface area contributed by atoms with Gasteiger partial charge < -0.3 is 4.90 Å². The molecule has 6 heteroatoms. The smallest absolute Gasteiger partial charge is 0.123 e. The molecular weight excluding hydrogens is 390 g/mol. The summed E-state index contributed by atoms with van der Waals surface area (Å²) in [4.78, 5) is 4.86. The molecule has 1 aliphatic heterocycles. The fourth-order valence-electron chi connectivity index (χ4n) is 3.93. The molecule has 0 aromatic heterocycles. The SMILES string of the molecule is C[S@](=O)CCN1CCN(CCCC(c2ccc(F)cc2)c2ccc(F)cc2)CC1. The number of nitrogens with zero attached hydrogens (tertiary/aromatic N) is 2. The highest BCUT2D eigenvalue weighted by Gasteiger charge is 2.19. The van der Waals surface area contributed by atoms with Gasteiger partial charge in [0.15, 0.2) is 0 Å². The Labute approximate surface area is 175 Å². The van der Waals surface area contributed by atoms with Crippen LogP contribution in [0.5, 0.6) is 0 Å². The Kier molecular flexibility index (Phi) is 8.33. The van der Waals surface area contributed by atoms with Crippen molar-refractivity contribution in [3.8, 4) is 0 Å². The van der Waals surface area contributed by atoms with Crippen LogP contribution in [0.4, 0.5) is 8.78 Å². The molecule has 0 amide bonds. The van der Waals surface area contributed by atoms with E-state index in [1.807, 2.05) is 24.3 Å². The van der Waals surface area contributed by atoms with Crippen LogP contribution in [0.2, 0.25) is 0 Å². The number of rotatable bonds is 9. The van der Waals surface area contributed by atoms with Crippen molar-refractivity contribution < 1.29 is 13.0 Å². The van der Waals surface area contributed by atoms with Crippen LogP contribution in [0.1, 0.15) is 29.9 Å². The van der Waals surface area contributed by atoms with Crippen molar-refractivity contribution in [1.29, 1.82) is 0 Å². The number of hydrogen-bond donors (Lipinski definition) is 0. The Bertz CT molecular complexity index is 729. The Morgan fingerprint density at radius 2 is 1.28 bits per heavy atom. The maximum absolute atomic E-state index is 13.4. The number of hydrogen-bond acceptors (Lipinski definition) is 3. The summed E-state index contributed by atoms with van der Waals surface area (Å²) in [5.74, 6) is 0.404. The molecule has 1 aliphatic rings. The van der Waals surface area contributed by atoms with Gasteiger partial charge in [-0.3, -0.25) is 9.11 Å². The van der Waals surface area contributed by atoms with Crippen molar-refractivity contribution in [3.63, 3.8) is 0 Å². The van der Waals surface area contributed by atoms with Gasteiger partial charge in [0.2, 0.25) is 0 Å². The zero-order valence-electron chi connectivity index (χ0n) is 17.0. The van der Waals surface area contributed by atoms with Gasteiger partial charge in [0.05, 0.1) is 0 Å². The molecule has 0 radical (unpaired) electrons. The molecule has 3 rings (SSSR count). The molecule has 1 atom stereocenters. The van der Waals surface area contributed by atoms with Gasteiger partial charge >= 0.3 is 0 Å². The summed E-state index contributed by atoms with van der Waals surface area (Å²) in [6.45, 7) is 6.05. The Balaban J connectivity index is 1.53. The molecule has 158 valence electrons. The van der Waals surface area contributed by atoms with Gasteiger partial charge in [-0.25, -0.2) is 8.78 Å². The van der Waals surface area contributed by atoms with Crippen LogP contribution in [-0.4, -0.2) is 65.3 Å². The molecular formula is C23H30F2N2OS. The van der Waals surface area contributed by atoms with Gasteiger partial charge in [-0.05, 0) is 54.8 Å². The van der Waals surface area contributed by atoms with Crippen LogP contribution in [0.3, 0.4) is 0 Å². The standard InChI is InChI=1S/C23H30F2N2OS/c1-29(28)18-17-27-15-13-26(14-16-27)12-2-3-23(19-4-8-21(24)9-5-19)20-6-10-22(25)11-7-20/h4-11,23H,2-3,12-18H2,1H3/t29-/m0/s1. The molecule has 29 heavy (non-hydrogen) atoms. The fourth-order valence-corrected chi connectivity index (χ4v) is 4.44. The highest BCUT2D eigenvalue weighted by atomic mass is 32.2. The van der Waals surface area contributed by atoms with E-state index in [0.29, 0.717) is 0 Å². The third kappa shape index (κ3) is 6.98. The maximum atomic E-state index is 13.4. The van der Waals surface area contributed by atoms with Crippen LogP contribution in [0.15, 0.2) is 48.5 Å².